The summed E-state index contributed by atoms with van der Waals surface area (Å²) < 4.78 is 6.24. The van der Waals surface area contributed by atoms with Crippen molar-refractivity contribution in [2.45, 2.75) is 18.7 Å². The van der Waals surface area contributed by atoms with Crippen molar-refractivity contribution in [2.75, 3.05) is 0 Å². The van der Waals surface area contributed by atoms with E-state index >= 15 is 0 Å². The quantitative estimate of drug-likeness (QED) is 0.704. The molecule has 0 amide bonds. The number of halogens is 1. The van der Waals surface area contributed by atoms with E-state index in [4.69, 9.17) is 21.4 Å². The lowest BCUT2D eigenvalue weighted by Crippen LogP contribution is -2.34. The van der Waals surface area contributed by atoms with E-state index in [1.807, 2.05) is 41.4 Å². The van der Waals surface area contributed by atoms with Gasteiger partial charge in [-0.05, 0) is 36.4 Å². The van der Waals surface area contributed by atoms with Crippen LogP contribution in [0.4, 0.5) is 0 Å². The van der Waals surface area contributed by atoms with Crippen LogP contribution in [0.2, 0.25) is 5.02 Å². The first-order valence-electron chi connectivity index (χ1n) is 8.72. The molecule has 0 aliphatic carbocycles. The summed E-state index contributed by atoms with van der Waals surface area (Å²) in [6, 6.07) is 18.7. The minimum atomic E-state index is -0.426. The number of benzene rings is 2. The molecule has 0 saturated heterocycles. The second-order valence-corrected chi connectivity index (χ2v) is 7.01. The average Bonchev–Trinajstić information content (AvgIpc) is 3.15. The number of phenolic OH excluding ortho intramolecular Hbond substituents is 1. The van der Waals surface area contributed by atoms with Crippen LogP contribution >= 0.6 is 11.6 Å². The van der Waals surface area contributed by atoms with Crippen molar-refractivity contribution in [2.24, 2.45) is 5.10 Å². The molecule has 3 heterocycles. The molecule has 134 valence electrons. The van der Waals surface area contributed by atoms with E-state index in [1.165, 1.54) is 0 Å². The van der Waals surface area contributed by atoms with Crippen LogP contribution in [0.25, 0.3) is 0 Å². The Hall–Kier alpha value is -3.05. The van der Waals surface area contributed by atoms with Gasteiger partial charge in [0.05, 0.1) is 11.8 Å². The molecule has 1 aromatic heterocycles. The number of hydrogen-bond acceptors (Lipinski definition) is 5. The predicted molar refractivity (Wildman–Crippen MR) is 103 cm³/mol. The Morgan fingerprint density at radius 1 is 1.07 bits per heavy atom. The minimum absolute atomic E-state index is 0.00957. The SMILES string of the molecule is Oc1ccc(Cl)cc1C1=NN2[C@@H](c3ccccn3)Oc3ccccc3[C@@H]2C1. The lowest BCUT2D eigenvalue weighted by Gasteiger charge is -2.37. The van der Waals surface area contributed by atoms with Gasteiger partial charge in [-0.2, -0.15) is 5.10 Å². The van der Waals surface area contributed by atoms with Crippen molar-refractivity contribution in [1.82, 2.24) is 9.99 Å². The monoisotopic (exact) mass is 377 g/mol. The zero-order valence-corrected chi connectivity index (χ0v) is 15.0. The smallest absolute Gasteiger partial charge is 0.230 e. The zero-order valence-electron chi connectivity index (χ0n) is 14.3. The highest BCUT2D eigenvalue weighted by Crippen LogP contribution is 2.47. The molecule has 2 atom stereocenters. The average molecular weight is 378 g/mol. The maximum Gasteiger partial charge on any atom is 0.230 e. The van der Waals surface area contributed by atoms with Gasteiger partial charge in [0.25, 0.3) is 0 Å². The largest absolute Gasteiger partial charge is 0.507 e. The summed E-state index contributed by atoms with van der Waals surface area (Å²) in [5, 5.41) is 17.6. The summed E-state index contributed by atoms with van der Waals surface area (Å²) in [5.74, 6) is 1.00. The Balaban J connectivity index is 1.62. The van der Waals surface area contributed by atoms with Crippen molar-refractivity contribution in [3.63, 3.8) is 0 Å². The zero-order chi connectivity index (χ0) is 18.4. The van der Waals surface area contributed by atoms with Crippen LogP contribution in [0.15, 0.2) is 72.0 Å². The second kappa shape index (κ2) is 6.28. The first-order valence-corrected chi connectivity index (χ1v) is 9.10. The molecule has 0 spiro atoms. The van der Waals surface area contributed by atoms with Crippen LogP contribution in [0, 0.1) is 0 Å². The normalized spacial score (nSPS) is 20.5. The maximum absolute atomic E-state index is 10.3. The van der Waals surface area contributed by atoms with Crippen LogP contribution in [0.1, 0.15) is 35.5 Å². The number of nitrogens with zero attached hydrogens (tertiary/aromatic N) is 3. The molecule has 6 heteroatoms. The molecule has 0 radical (unpaired) electrons. The number of hydrogen-bond donors (Lipinski definition) is 1. The third-order valence-electron chi connectivity index (χ3n) is 4.91. The highest BCUT2D eigenvalue weighted by Gasteiger charge is 2.41. The number of aromatic nitrogens is 1. The molecule has 0 saturated carbocycles. The van der Waals surface area contributed by atoms with Crippen LogP contribution in [0.3, 0.4) is 0 Å². The molecule has 3 aromatic rings. The van der Waals surface area contributed by atoms with E-state index in [1.54, 1.807) is 24.4 Å². The van der Waals surface area contributed by atoms with Crippen molar-refractivity contribution >= 4 is 17.3 Å². The van der Waals surface area contributed by atoms with E-state index in [0.717, 1.165) is 22.7 Å². The third kappa shape index (κ3) is 2.71. The topological polar surface area (TPSA) is 58.0 Å². The number of phenols is 1. The second-order valence-electron chi connectivity index (χ2n) is 6.57. The predicted octanol–water partition coefficient (Wildman–Crippen LogP) is 4.68. The molecule has 0 fully saturated rings. The van der Waals surface area contributed by atoms with Crippen LogP contribution in [-0.2, 0) is 0 Å². The fourth-order valence-electron chi connectivity index (χ4n) is 3.65. The summed E-state index contributed by atoms with van der Waals surface area (Å²) in [7, 11) is 0. The highest BCUT2D eigenvalue weighted by molar-refractivity contribution is 6.31. The minimum Gasteiger partial charge on any atom is -0.507 e. The van der Waals surface area contributed by atoms with Crippen LogP contribution in [-0.4, -0.2) is 20.8 Å². The third-order valence-corrected chi connectivity index (χ3v) is 5.14. The number of para-hydroxylation sites is 1. The van der Waals surface area contributed by atoms with Gasteiger partial charge in [0.15, 0.2) is 0 Å². The van der Waals surface area contributed by atoms with E-state index in [-0.39, 0.29) is 11.8 Å². The van der Waals surface area contributed by atoms with Crippen molar-refractivity contribution in [3.8, 4) is 11.5 Å². The van der Waals surface area contributed by atoms with Gasteiger partial charge in [-0.25, -0.2) is 5.01 Å². The van der Waals surface area contributed by atoms with Crippen molar-refractivity contribution < 1.29 is 9.84 Å². The van der Waals surface area contributed by atoms with Crippen LogP contribution in [0.5, 0.6) is 11.5 Å². The molecule has 5 nitrogen and oxygen atoms in total. The number of fused-ring (bicyclic) bond motifs is 3. The fourth-order valence-corrected chi connectivity index (χ4v) is 3.83. The number of hydrazone groups is 1. The highest BCUT2D eigenvalue weighted by atomic mass is 35.5. The first-order chi connectivity index (χ1) is 13.2. The van der Waals surface area contributed by atoms with Gasteiger partial charge in [-0.1, -0.05) is 35.9 Å². The molecule has 0 bridgehead atoms. The molecule has 2 aliphatic rings. The van der Waals surface area contributed by atoms with E-state index < -0.39 is 6.23 Å². The fraction of sp³-hybridized carbons (Fsp3) is 0.143. The van der Waals surface area contributed by atoms with Gasteiger partial charge < -0.3 is 9.84 Å². The Kier molecular flexibility index (Phi) is 3.76. The summed E-state index contributed by atoms with van der Waals surface area (Å²) in [6.45, 7) is 0. The first kappa shape index (κ1) is 16.1. The molecule has 2 aromatic carbocycles. The summed E-state index contributed by atoms with van der Waals surface area (Å²) in [5.41, 5.74) is 3.29. The Morgan fingerprint density at radius 2 is 1.93 bits per heavy atom. The number of aromatic hydroxyl groups is 1. The molecule has 0 unspecified atom stereocenters. The number of rotatable bonds is 2. The number of pyridine rings is 1. The van der Waals surface area contributed by atoms with Gasteiger partial charge in [-0.15, -0.1) is 0 Å². The number of ether oxygens (including phenoxy) is 1. The molecule has 27 heavy (non-hydrogen) atoms. The molecule has 1 N–H and O–H groups in total. The van der Waals surface area contributed by atoms with E-state index in [0.29, 0.717) is 17.0 Å². The van der Waals surface area contributed by atoms with Gasteiger partial charge in [-0.3, -0.25) is 4.98 Å². The summed E-state index contributed by atoms with van der Waals surface area (Å²) in [6.07, 6.45) is 1.97. The van der Waals surface area contributed by atoms with Gasteiger partial charge >= 0.3 is 0 Å². The standard InChI is InChI=1S/C21H16ClN3O2/c22-13-8-9-19(26)15(11-13)17-12-18-14-5-1-2-7-20(14)27-21(25(18)24-17)16-6-3-4-10-23-16/h1-11,18,21,26H,12H2/t18-,21+/m0/s1. The van der Waals surface area contributed by atoms with Gasteiger partial charge in [0.2, 0.25) is 6.23 Å². The van der Waals surface area contributed by atoms with E-state index in [9.17, 15) is 5.11 Å². The van der Waals surface area contributed by atoms with Gasteiger partial charge in [0.1, 0.15) is 17.2 Å². The summed E-state index contributed by atoms with van der Waals surface area (Å²) in [4.78, 5) is 4.46. The lowest BCUT2D eigenvalue weighted by atomic mass is 9.96. The van der Waals surface area contributed by atoms with Gasteiger partial charge in [0, 0.05) is 28.8 Å². The molecule has 5 rings (SSSR count). The Labute approximate surface area is 161 Å². The van der Waals surface area contributed by atoms with E-state index in [2.05, 4.69) is 11.1 Å². The lowest BCUT2D eigenvalue weighted by molar-refractivity contribution is -0.0218. The molecular weight excluding hydrogens is 362 g/mol. The van der Waals surface area contributed by atoms with Crippen LogP contribution < -0.4 is 4.74 Å². The molecular formula is C21H16ClN3O2. The summed E-state index contributed by atoms with van der Waals surface area (Å²) >= 11 is 6.14. The Bertz CT molecular complexity index is 1040. The Morgan fingerprint density at radius 3 is 2.78 bits per heavy atom. The van der Waals surface area contributed by atoms with Crippen molar-refractivity contribution in [1.29, 1.82) is 0 Å². The molecule has 2 aliphatic heterocycles. The van der Waals surface area contributed by atoms with Crippen molar-refractivity contribution in [3.05, 3.63) is 88.7 Å². The maximum atomic E-state index is 10.3.